The number of nitro benzene ring substituents is 1. The molecule has 12 nitrogen and oxygen atoms in total. The van der Waals surface area contributed by atoms with E-state index in [9.17, 15) is 10.1 Å². The van der Waals surface area contributed by atoms with E-state index in [1.807, 2.05) is 49.1 Å². The highest BCUT2D eigenvalue weighted by molar-refractivity contribution is 6.76. The summed E-state index contributed by atoms with van der Waals surface area (Å²) in [4.78, 5) is 10.5. The molecular formula is C34H52N6O6Si2. The predicted octanol–water partition coefficient (Wildman–Crippen LogP) is 7.85. The molecule has 0 bridgehead atoms. The Morgan fingerprint density at radius 2 is 1.17 bits per heavy atom. The third kappa shape index (κ3) is 11.6. The monoisotopic (exact) mass is 696 g/mol. The van der Waals surface area contributed by atoms with Crippen LogP contribution >= 0.6 is 0 Å². The Hall–Kier alpha value is -3.99. The summed E-state index contributed by atoms with van der Waals surface area (Å²) >= 11 is 0. The molecule has 0 radical (unpaired) electrons. The molecule has 0 saturated carbocycles. The Morgan fingerprint density at radius 3 is 1.58 bits per heavy atom. The molecule has 0 aliphatic rings. The summed E-state index contributed by atoms with van der Waals surface area (Å²) in [7, 11) is 0.990. The first-order valence-electron chi connectivity index (χ1n) is 16.0. The Balaban J connectivity index is 0.000000261. The molecule has 2 heterocycles. The van der Waals surface area contributed by atoms with Gasteiger partial charge in [0.2, 0.25) is 0 Å². The second-order valence-electron chi connectivity index (χ2n) is 14.1. The zero-order chi connectivity index (χ0) is 35.6. The van der Waals surface area contributed by atoms with Gasteiger partial charge < -0.3 is 24.7 Å². The van der Waals surface area contributed by atoms with Crippen LogP contribution in [-0.2, 0) is 22.9 Å². The molecule has 2 aromatic heterocycles. The standard InChI is InChI=1S/C17H25N3O4Si.C17H27N3O2Si/c1-13-16(11-19(18-13)12-24-8-9-25(3,4)5)15-7-6-14(20(21)22)10-17(15)23-2;1-13-16(15-7-6-14(18)10-17(15)21-2)11-20(19-13)12-22-8-9-23(3,4)5/h6-7,10-11H,8-9,12H2,1-5H3;6-7,10-11H,8-9,12,18H2,1-5H3. The number of rotatable bonds is 15. The number of ether oxygens (including phenoxy) is 4. The van der Waals surface area contributed by atoms with E-state index >= 15 is 0 Å². The normalized spacial score (nSPS) is 11.6. The predicted molar refractivity (Wildman–Crippen MR) is 197 cm³/mol. The molecule has 0 saturated heterocycles. The number of aryl methyl sites for hydroxylation is 2. The fraction of sp³-hybridized carbons (Fsp3) is 0.471. The maximum atomic E-state index is 10.9. The molecule has 2 aromatic carbocycles. The molecule has 262 valence electrons. The number of methoxy groups -OCH3 is 2. The van der Waals surface area contributed by atoms with Crippen LogP contribution in [0.15, 0.2) is 48.8 Å². The van der Waals surface area contributed by atoms with Crippen molar-refractivity contribution < 1.29 is 23.9 Å². The molecule has 2 N–H and O–H groups in total. The minimum atomic E-state index is -1.11. The molecule has 0 atom stereocenters. The second-order valence-corrected chi connectivity index (χ2v) is 25.4. The molecule has 0 fully saturated rings. The smallest absolute Gasteiger partial charge is 0.273 e. The number of aromatic nitrogens is 4. The molecule has 0 aliphatic heterocycles. The minimum absolute atomic E-state index is 0.000301. The van der Waals surface area contributed by atoms with Crippen LogP contribution in [0.3, 0.4) is 0 Å². The van der Waals surface area contributed by atoms with Crippen LogP contribution in [0.5, 0.6) is 11.5 Å². The summed E-state index contributed by atoms with van der Waals surface area (Å²) in [5.41, 5.74) is 12.0. The van der Waals surface area contributed by atoms with Crippen molar-refractivity contribution in [2.24, 2.45) is 0 Å². The summed E-state index contributed by atoms with van der Waals surface area (Å²) < 4.78 is 25.8. The van der Waals surface area contributed by atoms with E-state index in [-0.39, 0.29) is 5.69 Å². The van der Waals surface area contributed by atoms with Gasteiger partial charge in [-0.05, 0) is 44.1 Å². The van der Waals surface area contributed by atoms with Gasteiger partial charge >= 0.3 is 0 Å². The Kier molecular flexibility index (Phi) is 13.5. The van der Waals surface area contributed by atoms with E-state index < -0.39 is 21.1 Å². The van der Waals surface area contributed by atoms with Crippen LogP contribution < -0.4 is 15.2 Å². The number of anilines is 1. The van der Waals surface area contributed by atoms with E-state index in [4.69, 9.17) is 24.7 Å². The van der Waals surface area contributed by atoms with E-state index in [0.29, 0.717) is 24.9 Å². The SMILES string of the molecule is COc1cc(N)ccc1-c1cn(COCC[Si](C)(C)C)nc1C.COc1cc([N+](=O)[O-])ccc1-c1cn(COCC[Si](C)(C)C)nc1C. The number of hydrogen-bond acceptors (Lipinski definition) is 9. The molecule has 48 heavy (non-hydrogen) atoms. The van der Waals surface area contributed by atoms with Crippen LogP contribution in [0, 0.1) is 24.0 Å². The maximum Gasteiger partial charge on any atom is 0.273 e. The van der Waals surface area contributed by atoms with Gasteiger partial charge in [0.1, 0.15) is 25.0 Å². The van der Waals surface area contributed by atoms with Crippen LogP contribution in [0.4, 0.5) is 11.4 Å². The molecular weight excluding hydrogens is 645 g/mol. The van der Waals surface area contributed by atoms with Crippen molar-refractivity contribution in [3.8, 4) is 33.8 Å². The quantitative estimate of drug-likeness (QED) is 0.0432. The first-order chi connectivity index (χ1) is 22.5. The summed E-state index contributed by atoms with van der Waals surface area (Å²) in [6, 6.07) is 12.5. The van der Waals surface area contributed by atoms with Gasteiger partial charge in [-0.15, -0.1) is 0 Å². The van der Waals surface area contributed by atoms with Gasteiger partial charge in [0.05, 0.1) is 36.6 Å². The van der Waals surface area contributed by atoms with E-state index in [1.165, 1.54) is 19.2 Å². The molecule has 0 spiro atoms. The minimum Gasteiger partial charge on any atom is -0.496 e. The number of nitrogens with two attached hydrogens (primary N) is 1. The summed E-state index contributed by atoms with van der Waals surface area (Å²) in [6.45, 7) is 20.2. The largest absolute Gasteiger partial charge is 0.496 e. The van der Waals surface area contributed by atoms with Gasteiger partial charge in [-0.1, -0.05) is 39.3 Å². The van der Waals surface area contributed by atoms with Crippen molar-refractivity contribution in [1.82, 2.24) is 19.6 Å². The number of benzene rings is 2. The lowest BCUT2D eigenvalue weighted by atomic mass is 10.1. The zero-order valence-corrected chi connectivity index (χ0v) is 32.1. The van der Waals surface area contributed by atoms with Gasteiger partial charge in [-0.3, -0.25) is 10.1 Å². The van der Waals surface area contributed by atoms with Crippen molar-refractivity contribution in [3.63, 3.8) is 0 Å². The van der Waals surface area contributed by atoms with Crippen molar-refractivity contribution >= 4 is 27.5 Å². The van der Waals surface area contributed by atoms with Gasteiger partial charge in [0.25, 0.3) is 5.69 Å². The zero-order valence-electron chi connectivity index (χ0n) is 30.1. The second kappa shape index (κ2) is 16.9. The lowest BCUT2D eigenvalue weighted by Gasteiger charge is -2.15. The molecule has 0 aliphatic carbocycles. The van der Waals surface area contributed by atoms with Crippen LogP contribution in [-0.4, -0.2) is 68.1 Å². The number of nitrogen functional groups attached to an aromatic ring is 1. The summed E-state index contributed by atoms with van der Waals surface area (Å²) in [6.07, 6.45) is 3.88. The van der Waals surface area contributed by atoms with Gasteiger partial charge in [0.15, 0.2) is 0 Å². The Labute approximate surface area is 286 Å². The van der Waals surface area contributed by atoms with Crippen LogP contribution in [0.25, 0.3) is 22.3 Å². The van der Waals surface area contributed by atoms with Crippen molar-refractivity contribution in [3.05, 3.63) is 70.3 Å². The lowest BCUT2D eigenvalue weighted by molar-refractivity contribution is -0.384. The van der Waals surface area contributed by atoms with Gasteiger partial charge in [-0.25, -0.2) is 9.36 Å². The van der Waals surface area contributed by atoms with Crippen molar-refractivity contribution in [1.29, 1.82) is 0 Å². The fourth-order valence-corrected chi connectivity index (χ4v) is 6.23. The number of nitro groups is 1. The molecule has 0 amide bonds. The van der Waals surface area contributed by atoms with Gasteiger partial charge in [-0.2, -0.15) is 10.2 Å². The summed E-state index contributed by atoms with van der Waals surface area (Å²) in [5, 5.41) is 19.9. The number of nitrogens with zero attached hydrogens (tertiary/aromatic N) is 5. The highest BCUT2D eigenvalue weighted by atomic mass is 28.3. The topological polar surface area (TPSA) is 142 Å². The van der Waals surface area contributed by atoms with Crippen molar-refractivity contribution in [2.45, 2.75) is 78.7 Å². The third-order valence-corrected chi connectivity index (χ3v) is 10.9. The summed E-state index contributed by atoms with van der Waals surface area (Å²) in [5.74, 6) is 1.21. The first kappa shape index (κ1) is 38.5. The highest BCUT2D eigenvalue weighted by Crippen LogP contribution is 2.35. The Bertz CT molecular complexity index is 1660. The first-order valence-corrected chi connectivity index (χ1v) is 23.4. The molecule has 4 rings (SSSR count). The van der Waals surface area contributed by atoms with E-state index in [2.05, 4.69) is 49.5 Å². The highest BCUT2D eigenvalue weighted by Gasteiger charge is 2.18. The van der Waals surface area contributed by atoms with E-state index in [1.54, 1.807) is 17.9 Å². The van der Waals surface area contributed by atoms with Crippen molar-refractivity contribution in [2.75, 3.05) is 33.2 Å². The lowest BCUT2D eigenvalue weighted by Crippen LogP contribution is -2.22. The number of non-ortho nitro benzene ring substituents is 1. The molecule has 4 aromatic rings. The average molecular weight is 697 g/mol. The average Bonchev–Trinajstić information content (AvgIpc) is 3.57. The van der Waals surface area contributed by atoms with Crippen LogP contribution in [0.1, 0.15) is 11.4 Å². The molecule has 14 heteroatoms. The maximum absolute atomic E-state index is 10.9. The Morgan fingerprint density at radius 1 is 0.729 bits per heavy atom. The molecule has 0 unspecified atom stereocenters. The number of hydrogen-bond donors (Lipinski definition) is 1. The van der Waals surface area contributed by atoms with E-state index in [0.717, 1.165) is 64.7 Å². The third-order valence-electron chi connectivity index (χ3n) is 7.53. The van der Waals surface area contributed by atoms with Crippen LogP contribution in [0.2, 0.25) is 51.4 Å². The fourth-order valence-electron chi connectivity index (χ4n) is 4.72. The van der Waals surface area contributed by atoms with Gasteiger partial charge in [0, 0.05) is 81.8 Å².